The molecule has 11 nitrogen and oxygen atoms in total. The fourth-order valence-electron chi connectivity index (χ4n) is 6.87. The Bertz CT molecular complexity index is 2160. The Morgan fingerprint density at radius 1 is 0.944 bits per heavy atom. The Kier molecular flexibility index (Phi) is 12.7. The molecule has 1 fully saturated rings. The number of nitrogens with one attached hydrogen (secondary N) is 1. The molecule has 4 aromatic carbocycles. The number of hydrogen-bond acceptors (Lipinski definition) is 9. The van der Waals surface area contributed by atoms with Crippen LogP contribution in [0.15, 0.2) is 108 Å². The van der Waals surface area contributed by atoms with E-state index in [9.17, 15) is 22.8 Å². The zero-order chi connectivity index (χ0) is 38.2. The molecule has 282 valence electrons. The number of sulfonamides is 1. The SMILES string of the molecule is CS(=O)(=O)N[C@H](CCc1ccccc1)C(=O)N1C[C@H](OCc2ccc(Cl)cc2)C[C@H]1C(=O)C[C@@H](Cc1cccc(CN)c1)C(=O)c1nc2ccccc2o1. The number of likely N-dealkylation sites (tertiary alicyclic amines) is 1. The quantitative estimate of drug-likeness (QED) is 0.113. The van der Waals surface area contributed by atoms with Gasteiger partial charge in [0.05, 0.1) is 25.0 Å². The molecule has 4 atom stereocenters. The number of nitrogens with two attached hydrogens (primary N) is 1. The number of hydrogen-bond donors (Lipinski definition) is 2. The monoisotopic (exact) mass is 770 g/mol. The third kappa shape index (κ3) is 10.3. The normalized spacial score (nSPS) is 17.1. The van der Waals surface area contributed by atoms with Gasteiger partial charge in [-0.15, -0.1) is 0 Å². The fourth-order valence-corrected chi connectivity index (χ4v) is 7.73. The van der Waals surface area contributed by atoms with Gasteiger partial charge in [0.15, 0.2) is 11.4 Å². The van der Waals surface area contributed by atoms with Crippen LogP contribution in [0.1, 0.15) is 52.2 Å². The number of carbonyl (C=O) groups excluding carboxylic acids is 3. The summed E-state index contributed by atoms with van der Waals surface area (Å²) in [6.45, 7) is 0.568. The number of carbonyl (C=O) groups is 3. The van der Waals surface area contributed by atoms with Crippen molar-refractivity contribution in [3.05, 3.63) is 136 Å². The van der Waals surface area contributed by atoms with E-state index in [1.54, 1.807) is 36.4 Å². The Morgan fingerprint density at radius 2 is 1.65 bits per heavy atom. The van der Waals surface area contributed by atoms with Crippen LogP contribution in [0.2, 0.25) is 5.02 Å². The molecule has 0 unspecified atom stereocenters. The Hall–Kier alpha value is -4.72. The second kappa shape index (κ2) is 17.6. The summed E-state index contributed by atoms with van der Waals surface area (Å²) in [5.74, 6) is -2.32. The van der Waals surface area contributed by atoms with Crippen molar-refractivity contribution in [1.82, 2.24) is 14.6 Å². The average Bonchev–Trinajstić information content (AvgIpc) is 3.81. The van der Waals surface area contributed by atoms with Crippen LogP contribution >= 0.6 is 11.6 Å². The van der Waals surface area contributed by atoms with Crippen LogP contribution in [0.3, 0.4) is 0 Å². The lowest BCUT2D eigenvalue weighted by molar-refractivity contribution is -0.139. The molecule has 0 radical (unpaired) electrons. The summed E-state index contributed by atoms with van der Waals surface area (Å²) >= 11 is 6.07. The number of fused-ring (bicyclic) bond motifs is 1. The van der Waals surface area contributed by atoms with Gasteiger partial charge in [0.25, 0.3) is 5.89 Å². The minimum absolute atomic E-state index is 0.0540. The van der Waals surface area contributed by atoms with Gasteiger partial charge in [-0.1, -0.05) is 90.5 Å². The molecule has 0 aliphatic carbocycles. The van der Waals surface area contributed by atoms with Crippen LogP contribution in [0, 0.1) is 5.92 Å². The lowest BCUT2D eigenvalue weighted by Gasteiger charge is -2.29. The van der Waals surface area contributed by atoms with Crippen LogP contribution in [0.5, 0.6) is 0 Å². The molecule has 1 saturated heterocycles. The summed E-state index contributed by atoms with van der Waals surface area (Å²) in [6.07, 6.45) is 1.18. The number of nitrogens with zero attached hydrogens (tertiary/aromatic N) is 2. The number of aryl methyl sites for hydroxylation is 1. The molecule has 1 aromatic heterocycles. The second-order valence-electron chi connectivity index (χ2n) is 13.7. The summed E-state index contributed by atoms with van der Waals surface area (Å²) in [5.41, 5.74) is 10.3. The maximum atomic E-state index is 14.5. The van der Waals surface area contributed by atoms with E-state index in [2.05, 4.69) is 9.71 Å². The number of ketones is 2. The van der Waals surface area contributed by atoms with Crippen LogP contribution in [-0.4, -0.2) is 66.8 Å². The largest absolute Gasteiger partial charge is 0.434 e. The van der Waals surface area contributed by atoms with Gasteiger partial charge in [0, 0.05) is 36.9 Å². The highest BCUT2D eigenvalue weighted by atomic mass is 35.5. The predicted molar refractivity (Wildman–Crippen MR) is 206 cm³/mol. The first kappa shape index (κ1) is 39.0. The maximum Gasteiger partial charge on any atom is 0.264 e. The van der Waals surface area contributed by atoms with E-state index < -0.39 is 45.8 Å². The number of para-hydroxylation sites is 2. The topological polar surface area (TPSA) is 162 Å². The number of rotatable bonds is 17. The summed E-state index contributed by atoms with van der Waals surface area (Å²) in [6, 6.07) is 29.0. The van der Waals surface area contributed by atoms with Crippen LogP contribution in [0.4, 0.5) is 0 Å². The van der Waals surface area contributed by atoms with E-state index >= 15 is 0 Å². The van der Waals surface area contributed by atoms with Crippen molar-refractivity contribution < 1.29 is 32.0 Å². The molecule has 5 aromatic rings. The van der Waals surface area contributed by atoms with Crippen molar-refractivity contribution in [2.75, 3.05) is 12.8 Å². The summed E-state index contributed by atoms with van der Waals surface area (Å²) in [4.78, 5) is 48.9. The molecule has 13 heteroatoms. The highest BCUT2D eigenvalue weighted by Crippen LogP contribution is 2.29. The zero-order valence-electron chi connectivity index (χ0n) is 29.9. The molecule has 3 N–H and O–H groups in total. The number of benzene rings is 4. The fraction of sp³-hybridized carbons (Fsp3) is 0.317. The number of ether oxygens (including phenoxy) is 1. The van der Waals surface area contributed by atoms with Crippen molar-refractivity contribution in [3.63, 3.8) is 0 Å². The van der Waals surface area contributed by atoms with Crippen LogP contribution in [-0.2, 0) is 50.3 Å². The van der Waals surface area contributed by atoms with E-state index in [-0.39, 0.29) is 50.5 Å². The van der Waals surface area contributed by atoms with Crippen LogP contribution in [0.25, 0.3) is 11.1 Å². The van der Waals surface area contributed by atoms with Crippen molar-refractivity contribution >= 4 is 50.2 Å². The van der Waals surface area contributed by atoms with Gasteiger partial charge in [-0.3, -0.25) is 14.4 Å². The number of aromatic nitrogens is 1. The second-order valence-corrected chi connectivity index (χ2v) is 15.9. The van der Waals surface area contributed by atoms with Gasteiger partial charge in [0.1, 0.15) is 11.6 Å². The highest BCUT2D eigenvalue weighted by Gasteiger charge is 2.43. The molecule has 2 heterocycles. The minimum atomic E-state index is -3.81. The van der Waals surface area contributed by atoms with Crippen molar-refractivity contribution in [2.24, 2.45) is 11.7 Å². The molecule has 1 amide bonds. The van der Waals surface area contributed by atoms with Gasteiger partial charge < -0.3 is 19.8 Å². The maximum absolute atomic E-state index is 14.5. The van der Waals surface area contributed by atoms with Gasteiger partial charge in [-0.25, -0.2) is 18.1 Å². The van der Waals surface area contributed by atoms with E-state index in [1.165, 1.54) is 4.90 Å². The summed E-state index contributed by atoms with van der Waals surface area (Å²) in [7, 11) is -3.81. The minimum Gasteiger partial charge on any atom is -0.434 e. The first-order valence-corrected chi connectivity index (χ1v) is 20.1. The number of Topliss-reactive ketones (excluding diaryl/α,β-unsaturated/α-hetero) is 2. The lowest BCUT2D eigenvalue weighted by Crippen LogP contribution is -2.52. The lowest BCUT2D eigenvalue weighted by atomic mass is 9.87. The first-order valence-electron chi connectivity index (χ1n) is 17.8. The summed E-state index contributed by atoms with van der Waals surface area (Å²) < 4.78 is 39.7. The summed E-state index contributed by atoms with van der Waals surface area (Å²) in [5, 5.41) is 0.582. The molecule has 0 saturated carbocycles. The molecular formula is C41H43ClN4O7S. The van der Waals surface area contributed by atoms with E-state index in [0.29, 0.717) is 29.1 Å². The standard InChI is InChI=1S/C41H43ClN4O7S/c1-54(50,51)45-35(19-16-27-8-3-2-4-9-27)41(49)46-25-33(52-26-28-14-17-32(42)18-15-28)23-36(46)37(47)22-31(21-29-10-7-11-30(20-29)24-43)39(48)40-44-34-12-5-6-13-38(34)53-40/h2-15,17-18,20,31,33,35-36,45H,16,19,21-26,43H2,1H3/t31-,33-,35-,36+/m1/s1. The Balaban J connectivity index is 1.28. The first-order chi connectivity index (χ1) is 26.0. The van der Waals surface area contributed by atoms with Crippen molar-refractivity contribution in [3.8, 4) is 0 Å². The Morgan fingerprint density at radius 3 is 2.37 bits per heavy atom. The Labute approximate surface area is 319 Å². The van der Waals surface area contributed by atoms with E-state index in [0.717, 1.165) is 28.5 Å². The van der Waals surface area contributed by atoms with Gasteiger partial charge in [-0.2, -0.15) is 0 Å². The van der Waals surface area contributed by atoms with Crippen LogP contribution < -0.4 is 10.5 Å². The molecule has 54 heavy (non-hydrogen) atoms. The smallest absolute Gasteiger partial charge is 0.264 e. The van der Waals surface area contributed by atoms with Gasteiger partial charge >= 0.3 is 0 Å². The van der Waals surface area contributed by atoms with E-state index in [1.807, 2.05) is 66.7 Å². The highest BCUT2D eigenvalue weighted by molar-refractivity contribution is 7.88. The molecular weight excluding hydrogens is 728 g/mol. The molecule has 0 spiro atoms. The van der Waals surface area contributed by atoms with Crippen molar-refractivity contribution in [1.29, 1.82) is 0 Å². The molecule has 1 aliphatic rings. The molecule has 1 aliphatic heterocycles. The van der Waals surface area contributed by atoms with Gasteiger partial charge in [-0.05, 0) is 65.8 Å². The van der Waals surface area contributed by atoms with E-state index in [4.69, 9.17) is 26.5 Å². The third-order valence-corrected chi connectivity index (χ3v) is 10.5. The zero-order valence-corrected chi connectivity index (χ0v) is 31.5. The average molecular weight is 771 g/mol. The third-order valence-electron chi connectivity index (χ3n) is 9.57. The number of amides is 1. The predicted octanol–water partition coefficient (Wildman–Crippen LogP) is 5.68. The van der Waals surface area contributed by atoms with Gasteiger partial charge in [0.2, 0.25) is 21.7 Å². The molecule has 0 bridgehead atoms. The van der Waals surface area contributed by atoms with Crippen molar-refractivity contribution in [2.45, 2.75) is 63.4 Å². The number of halogens is 1. The number of oxazole rings is 1. The molecule has 6 rings (SSSR count).